The Hall–Kier alpha value is -2.95. The predicted octanol–water partition coefficient (Wildman–Crippen LogP) is 3.93. The lowest BCUT2D eigenvalue weighted by Crippen LogP contribution is -1.94. The Labute approximate surface area is 134 Å². The van der Waals surface area contributed by atoms with Crippen molar-refractivity contribution in [1.82, 2.24) is 4.98 Å². The van der Waals surface area contributed by atoms with E-state index in [9.17, 15) is 0 Å². The Bertz CT molecular complexity index is 862. The number of aryl methyl sites for hydroxylation is 1. The first-order valence-corrected chi connectivity index (χ1v) is 7.17. The van der Waals surface area contributed by atoms with Gasteiger partial charge in [-0.1, -0.05) is 6.07 Å². The first kappa shape index (κ1) is 15.0. The van der Waals surface area contributed by atoms with Crippen molar-refractivity contribution in [1.29, 1.82) is 0 Å². The Morgan fingerprint density at radius 3 is 2.35 bits per heavy atom. The molecule has 0 saturated heterocycles. The number of methoxy groups -OCH3 is 2. The average molecular weight is 310 g/mol. The smallest absolute Gasteiger partial charge is 0.162 e. The summed E-state index contributed by atoms with van der Waals surface area (Å²) in [5.41, 5.74) is 8.27. The molecule has 23 heavy (non-hydrogen) atoms. The van der Waals surface area contributed by atoms with Gasteiger partial charge in [-0.2, -0.15) is 0 Å². The van der Waals surface area contributed by atoms with Gasteiger partial charge in [-0.3, -0.25) is 4.98 Å². The maximum atomic E-state index is 6.06. The van der Waals surface area contributed by atoms with E-state index in [0.717, 1.165) is 16.5 Å². The van der Waals surface area contributed by atoms with Crippen LogP contribution in [0.1, 0.15) is 5.56 Å². The molecule has 0 spiro atoms. The molecule has 2 N–H and O–H groups in total. The molecule has 0 amide bonds. The summed E-state index contributed by atoms with van der Waals surface area (Å²) in [7, 11) is 3.20. The summed E-state index contributed by atoms with van der Waals surface area (Å²) in [6, 6.07) is 11.1. The first-order chi connectivity index (χ1) is 11.1. The van der Waals surface area contributed by atoms with E-state index < -0.39 is 0 Å². The van der Waals surface area contributed by atoms with Crippen LogP contribution in [0.5, 0.6) is 23.0 Å². The molecule has 0 aliphatic heterocycles. The third-order valence-electron chi connectivity index (χ3n) is 3.64. The molecule has 1 aromatic heterocycles. The number of fused-ring (bicyclic) bond motifs is 1. The van der Waals surface area contributed by atoms with Crippen LogP contribution in [0.15, 0.2) is 42.6 Å². The Balaban J connectivity index is 2.12. The quantitative estimate of drug-likeness (QED) is 0.739. The zero-order chi connectivity index (χ0) is 16.4. The van der Waals surface area contributed by atoms with Gasteiger partial charge in [-0.25, -0.2) is 0 Å². The number of aromatic nitrogens is 1. The summed E-state index contributed by atoms with van der Waals surface area (Å²) in [6.07, 6.45) is 1.70. The van der Waals surface area contributed by atoms with Gasteiger partial charge < -0.3 is 19.9 Å². The summed E-state index contributed by atoms with van der Waals surface area (Å²) < 4.78 is 16.7. The highest BCUT2D eigenvalue weighted by molar-refractivity contribution is 5.88. The molecule has 2 aromatic carbocycles. The van der Waals surface area contributed by atoms with Crippen molar-refractivity contribution in [3.05, 3.63) is 48.2 Å². The van der Waals surface area contributed by atoms with Crippen LogP contribution in [-0.4, -0.2) is 19.2 Å². The van der Waals surface area contributed by atoms with Gasteiger partial charge in [0.05, 0.1) is 19.7 Å². The molecule has 0 bridgehead atoms. The van der Waals surface area contributed by atoms with E-state index in [1.54, 1.807) is 20.4 Å². The number of nitrogen functional groups attached to an aromatic ring is 1. The highest BCUT2D eigenvalue weighted by atomic mass is 16.5. The summed E-state index contributed by atoms with van der Waals surface area (Å²) in [5.74, 6) is 2.66. The lowest BCUT2D eigenvalue weighted by Gasteiger charge is -2.13. The molecular weight excluding hydrogens is 292 g/mol. The third-order valence-corrected chi connectivity index (χ3v) is 3.64. The van der Waals surface area contributed by atoms with Crippen LogP contribution in [0.2, 0.25) is 0 Å². The monoisotopic (exact) mass is 310 g/mol. The van der Waals surface area contributed by atoms with Crippen LogP contribution in [0.25, 0.3) is 10.9 Å². The molecule has 3 aromatic rings. The van der Waals surface area contributed by atoms with Crippen LogP contribution in [0, 0.1) is 6.92 Å². The number of benzene rings is 2. The van der Waals surface area contributed by atoms with Crippen LogP contribution in [0.4, 0.5) is 5.69 Å². The SMILES string of the molecule is COc1cc2nccc(Oc3cc(N)ccc3C)c2cc1OC. The zero-order valence-corrected chi connectivity index (χ0v) is 13.3. The maximum absolute atomic E-state index is 6.06. The Morgan fingerprint density at radius 2 is 1.61 bits per heavy atom. The van der Waals surface area contributed by atoms with Crippen LogP contribution in [0.3, 0.4) is 0 Å². The fourth-order valence-corrected chi connectivity index (χ4v) is 2.38. The van der Waals surface area contributed by atoms with Gasteiger partial charge in [0.25, 0.3) is 0 Å². The second kappa shape index (κ2) is 6.04. The van der Waals surface area contributed by atoms with Gasteiger partial charge in [0, 0.05) is 29.4 Å². The van der Waals surface area contributed by atoms with E-state index >= 15 is 0 Å². The lowest BCUT2D eigenvalue weighted by molar-refractivity contribution is 0.355. The molecule has 0 saturated carbocycles. The third kappa shape index (κ3) is 2.85. The van der Waals surface area contributed by atoms with Gasteiger partial charge >= 0.3 is 0 Å². The van der Waals surface area contributed by atoms with Gasteiger partial charge in [0.1, 0.15) is 11.5 Å². The van der Waals surface area contributed by atoms with Gasteiger partial charge in [-0.05, 0) is 30.7 Å². The van der Waals surface area contributed by atoms with E-state index in [0.29, 0.717) is 28.7 Å². The average Bonchev–Trinajstić information content (AvgIpc) is 2.57. The minimum Gasteiger partial charge on any atom is -0.493 e. The molecule has 0 aliphatic carbocycles. The standard InChI is InChI=1S/C18H18N2O3/c1-11-4-5-12(19)8-16(11)23-15-6-7-20-14-10-18(22-3)17(21-2)9-13(14)15/h4-10H,19H2,1-3H3. The van der Waals surface area contributed by atoms with E-state index in [4.69, 9.17) is 19.9 Å². The van der Waals surface area contributed by atoms with Crippen LogP contribution in [-0.2, 0) is 0 Å². The van der Waals surface area contributed by atoms with Gasteiger partial charge in [0.2, 0.25) is 0 Å². The predicted molar refractivity (Wildman–Crippen MR) is 90.5 cm³/mol. The number of pyridine rings is 1. The number of hydrogen-bond donors (Lipinski definition) is 1. The summed E-state index contributed by atoms with van der Waals surface area (Å²) in [5, 5.41) is 0.840. The molecule has 0 unspecified atom stereocenters. The number of hydrogen-bond acceptors (Lipinski definition) is 5. The molecule has 0 fully saturated rings. The molecule has 5 heteroatoms. The highest BCUT2D eigenvalue weighted by Gasteiger charge is 2.12. The van der Waals surface area contributed by atoms with E-state index in [2.05, 4.69) is 4.98 Å². The van der Waals surface area contributed by atoms with Crippen LogP contribution < -0.4 is 19.9 Å². The van der Waals surface area contributed by atoms with Crippen molar-refractivity contribution in [2.24, 2.45) is 0 Å². The fraction of sp³-hybridized carbons (Fsp3) is 0.167. The Kier molecular flexibility index (Phi) is 3.93. The van der Waals surface area contributed by atoms with Crippen LogP contribution >= 0.6 is 0 Å². The van der Waals surface area contributed by atoms with E-state index in [1.807, 2.05) is 43.3 Å². The molecular formula is C18H18N2O3. The molecule has 118 valence electrons. The minimum absolute atomic E-state index is 0.627. The molecule has 0 radical (unpaired) electrons. The van der Waals surface area contributed by atoms with E-state index in [-0.39, 0.29) is 0 Å². The number of nitrogens with two attached hydrogens (primary N) is 1. The van der Waals surface area contributed by atoms with E-state index in [1.165, 1.54) is 0 Å². The van der Waals surface area contributed by atoms with Crippen molar-refractivity contribution in [2.45, 2.75) is 6.92 Å². The van der Waals surface area contributed by atoms with Crippen molar-refractivity contribution < 1.29 is 14.2 Å². The summed E-state index contributed by atoms with van der Waals surface area (Å²) >= 11 is 0. The second-order valence-corrected chi connectivity index (χ2v) is 5.16. The zero-order valence-electron chi connectivity index (χ0n) is 13.3. The number of anilines is 1. The molecule has 0 aliphatic rings. The summed E-state index contributed by atoms with van der Waals surface area (Å²) in [4.78, 5) is 4.37. The normalized spacial score (nSPS) is 10.6. The number of nitrogens with zero attached hydrogens (tertiary/aromatic N) is 1. The maximum Gasteiger partial charge on any atom is 0.162 e. The molecule has 3 rings (SSSR count). The van der Waals surface area contributed by atoms with Crippen molar-refractivity contribution >= 4 is 16.6 Å². The molecule has 1 heterocycles. The van der Waals surface area contributed by atoms with Gasteiger partial charge in [-0.15, -0.1) is 0 Å². The first-order valence-electron chi connectivity index (χ1n) is 7.17. The highest BCUT2D eigenvalue weighted by Crippen LogP contribution is 2.37. The topological polar surface area (TPSA) is 66.6 Å². The van der Waals surface area contributed by atoms with Crippen molar-refractivity contribution in [3.63, 3.8) is 0 Å². The van der Waals surface area contributed by atoms with Gasteiger partial charge in [0.15, 0.2) is 11.5 Å². The fourth-order valence-electron chi connectivity index (χ4n) is 2.38. The Morgan fingerprint density at radius 1 is 0.870 bits per heavy atom. The lowest BCUT2D eigenvalue weighted by atomic mass is 10.1. The molecule has 0 atom stereocenters. The largest absolute Gasteiger partial charge is 0.493 e. The minimum atomic E-state index is 0.627. The van der Waals surface area contributed by atoms with Crippen molar-refractivity contribution in [2.75, 3.05) is 20.0 Å². The number of ether oxygens (including phenoxy) is 3. The molecule has 5 nitrogen and oxygen atoms in total. The number of rotatable bonds is 4. The summed E-state index contributed by atoms with van der Waals surface area (Å²) in [6.45, 7) is 1.97. The van der Waals surface area contributed by atoms with Crippen molar-refractivity contribution in [3.8, 4) is 23.0 Å². The second-order valence-electron chi connectivity index (χ2n) is 5.16.